The van der Waals surface area contributed by atoms with Gasteiger partial charge in [-0.2, -0.15) is 0 Å². The molecule has 1 atom stereocenters. The molecule has 2 rings (SSSR count). The first kappa shape index (κ1) is 13.5. The van der Waals surface area contributed by atoms with Crippen LogP contribution >= 0.6 is 0 Å². The van der Waals surface area contributed by atoms with E-state index in [0.717, 1.165) is 26.2 Å². The quantitative estimate of drug-likeness (QED) is 0.787. The molecule has 0 radical (unpaired) electrons. The van der Waals surface area contributed by atoms with E-state index in [-0.39, 0.29) is 6.61 Å². The van der Waals surface area contributed by atoms with Crippen molar-refractivity contribution >= 4 is 0 Å². The molecule has 4 nitrogen and oxygen atoms in total. The maximum atomic E-state index is 9.18. The smallest absolute Gasteiger partial charge is 0.0558 e. The van der Waals surface area contributed by atoms with E-state index < -0.39 is 0 Å². The molecule has 1 aromatic rings. The normalized spacial score (nSPS) is 19.6. The number of aromatic nitrogens is 1. The minimum absolute atomic E-state index is 0.214. The van der Waals surface area contributed by atoms with Crippen LogP contribution in [0.15, 0.2) is 18.5 Å². The molecule has 100 valence electrons. The minimum Gasteiger partial charge on any atom is -0.395 e. The minimum atomic E-state index is 0.214. The van der Waals surface area contributed by atoms with E-state index in [1.165, 1.54) is 24.0 Å². The molecule has 4 heteroatoms. The zero-order valence-corrected chi connectivity index (χ0v) is 11.1. The Kier molecular flexibility index (Phi) is 5.11. The van der Waals surface area contributed by atoms with Crippen LogP contribution in [0.4, 0.5) is 0 Å². The summed E-state index contributed by atoms with van der Waals surface area (Å²) in [5.74, 6) is 0. The van der Waals surface area contributed by atoms with Crippen molar-refractivity contribution in [2.24, 2.45) is 0 Å². The first-order valence-corrected chi connectivity index (χ1v) is 6.75. The van der Waals surface area contributed by atoms with Crippen LogP contribution in [-0.2, 0) is 6.54 Å². The van der Waals surface area contributed by atoms with Crippen molar-refractivity contribution in [3.63, 3.8) is 0 Å². The highest BCUT2D eigenvalue weighted by Crippen LogP contribution is 2.12. The number of rotatable bonds is 6. The summed E-state index contributed by atoms with van der Waals surface area (Å²) >= 11 is 0. The van der Waals surface area contributed by atoms with Crippen LogP contribution in [0.25, 0.3) is 0 Å². The highest BCUT2D eigenvalue weighted by atomic mass is 16.3. The molecule has 2 heterocycles. The first-order valence-electron chi connectivity index (χ1n) is 6.75. The van der Waals surface area contributed by atoms with Gasteiger partial charge >= 0.3 is 0 Å². The van der Waals surface area contributed by atoms with Crippen molar-refractivity contribution in [1.29, 1.82) is 0 Å². The lowest BCUT2D eigenvalue weighted by Gasteiger charge is -2.25. The van der Waals surface area contributed by atoms with Gasteiger partial charge in [0.15, 0.2) is 0 Å². The van der Waals surface area contributed by atoms with E-state index in [1.54, 1.807) is 0 Å². The van der Waals surface area contributed by atoms with Gasteiger partial charge in [0.1, 0.15) is 0 Å². The van der Waals surface area contributed by atoms with E-state index in [4.69, 9.17) is 0 Å². The number of hydrogen-bond donors (Lipinski definition) is 2. The zero-order chi connectivity index (χ0) is 12.8. The fourth-order valence-electron chi connectivity index (χ4n) is 2.50. The third-order valence-electron chi connectivity index (χ3n) is 3.60. The van der Waals surface area contributed by atoms with Gasteiger partial charge in [0.05, 0.1) is 6.61 Å². The number of nitrogens with zero attached hydrogens (tertiary/aromatic N) is 2. The Morgan fingerprint density at radius 1 is 1.56 bits per heavy atom. The standard InChI is InChI=1S/C14H23N3O/c1-12-4-6-15-9-13(12)10-17(7-8-18)11-14-3-2-5-16-14/h4,6,9,14,16,18H,2-3,5,7-8,10-11H2,1H3. The van der Waals surface area contributed by atoms with Crippen LogP contribution in [0, 0.1) is 6.92 Å². The molecule has 18 heavy (non-hydrogen) atoms. The Balaban J connectivity index is 1.94. The second-order valence-corrected chi connectivity index (χ2v) is 5.05. The van der Waals surface area contributed by atoms with Crippen LogP contribution in [0.1, 0.15) is 24.0 Å². The Labute approximate surface area is 109 Å². The lowest BCUT2D eigenvalue weighted by atomic mass is 10.1. The average Bonchev–Trinajstić information content (AvgIpc) is 2.85. The molecule has 1 aliphatic heterocycles. The van der Waals surface area contributed by atoms with Gasteiger partial charge in [-0.1, -0.05) is 0 Å². The summed E-state index contributed by atoms with van der Waals surface area (Å²) in [5.41, 5.74) is 2.52. The number of nitrogens with one attached hydrogen (secondary N) is 1. The number of aliphatic hydroxyl groups is 1. The van der Waals surface area contributed by atoms with Gasteiger partial charge in [0.25, 0.3) is 0 Å². The van der Waals surface area contributed by atoms with Gasteiger partial charge in [-0.05, 0) is 43.5 Å². The van der Waals surface area contributed by atoms with Gasteiger partial charge in [0, 0.05) is 38.1 Å². The molecule has 1 saturated heterocycles. The fourth-order valence-corrected chi connectivity index (χ4v) is 2.50. The molecule has 1 aliphatic rings. The van der Waals surface area contributed by atoms with E-state index in [2.05, 4.69) is 22.1 Å². The van der Waals surface area contributed by atoms with Crippen molar-refractivity contribution in [1.82, 2.24) is 15.2 Å². The summed E-state index contributed by atoms with van der Waals surface area (Å²) in [4.78, 5) is 6.50. The molecule has 0 bridgehead atoms. The number of pyridine rings is 1. The highest BCUT2D eigenvalue weighted by Gasteiger charge is 2.18. The summed E-state index contributed by atoms with van der Waals surface area (Å²) in [7, 11) is 0. The van der Waals surface area contributed by atoms with E-state index in [1.807, 2.05) is 18.5 Å². The summed E-state index contributed by atoms with van der Waals surface area (Å²) < 4.78 is 0. The Bertz CT molecular complexity index is 364. The van der Waals surface area contributed by atoms with E-state index >= 15 is 0 Å². The van der Waals surface area contributed by atoms with E-state index in [0.29, 0.717) is 6.04 Å². The molecule has 2 N–H and O–H groups in total. The van der Waals surface area contributed by atoms with Crippen LogP contribution in [0.3, 0.4) is 0 Å². The average molecular weight is 249 g/mol. The third kappa shape index (κ3) is 3.77. The lowest BCUT2D eigenvalue weighted by Crippen LogP contribution is -2.38. The lowest BCUT2D eigenvalue weighted by molar-refractivity contribution is 0.179. The molecule has 0 aromatic carbocycles. The number of aryl methyl sites for hydroxylation is 1. The summed E-state index contributed by atoms with van der Waals surface area (Å²) in [6.45, 7) is 6.07. The highest BCUT2D eigenvalue weighted by molar-refractivity contribution is 5.21. The van der Waals surface area contributed by atoms with Crippen LogP contribution in [0.5, 0.6) is 0 Å². The topological polar surface area (TPSA) is 48.4 Å². The maximum Gasteiger partial charge on any atom is 0.0558 e. The van der Waals surface area contributed by atoms with Crippen molar-refractivity contribution in [3.05, 3.63) is 29.6 Å². The molecule has 0 amide bonds. The molecular formula is C14H23N3O. The molecule has 0 aliphatic carbocycles. The van der Waals surface area contributed by atoms with Crippen molar-refractivity contribution < 1.29 is 5.11 Å². The van der Waals surface area contributed by atoms with Gasteiger partial charge in [-0.3, -0.25) is 9.88 Å². The summed E-state index contributed by atoms with van der Waals surface area (Å²) in [6, 6.07) is 2.62. The fraction of sp³-hybridized carbons (Fsp3) is 0.643. The molecule has 0 spiro atoms. The largest absolute Gasteiger partial charge is 0.395 e. The van der Waals surface area contributed by atoms with Crippen LogP contribution in [0.2, 0.25) is 0 Å². The van der Waals surface area contributed by atoms with Gasteiger partial charge < -0.3 is 10.4 Å². The van der Waals surface area contributed by atoms with Crippen LogP contribution in [-0.4, -0.2) is 47.3 Å². The molecule has 1 aromatic heterocycles. The third-order valence-corrected chi connectivity index (χ3v) is 3.60. The monoisotopic (exact) mass is 249 g/mol. The van der Waals surface area contributed by atoms with Crippen LogP contribution < -0.4 is 5.32 Å². The van der Waals surface area contributed by atoms with Gasteiger partial charge in [0.2, 0.25) is 0 Å². The second kappa shape index (κ2) is 6.83. The van der Waals surface area contributed by atoms with Gasteiger partial charge in [-0.25, -0.2) is 0 Å². The Hall–Kier alpha value is -0.970. The Morgan fingerprint density at radius 3 is 3.11 bits per heavy atom. The molecule has 1 unspecified atom stereocenters. The summed E-state index contributed by atoms with van der Waals surface area (Å²) in [6.07, 6.45) is 6.27. The summed E-state index contributed by atoms with van der Waals surface area (Å²) in [5, 5.41) is 12.7. The molecule has 0 saturated carbocycles. The SMILES string of the molecule is Cc1ccncc1CN(CCO)CC1CCCN1. The maximum absolute atomic E-state index is 9.18. The first-order chi connectivity index (χ1) is 8.79. The van der Waals surface area contributed by atoms with Crippen molar-refractivity contribution in [2.75, 3.05) is 26.2 Å². The van der Waals surface area contributed by atoms with Crippen molar-refractivity contribution in [3.8, 4) is 0 Å². The molecule has 1 fully saturated rings. The predicted molar refractivity (Wildman–Crippen MR) is 72.4 cm³/mol. The number of hydrogen-bond acceptors (Lipinski definition) is 4. The zero-order valence-electron chi connectivity index (χ0n) is 11.1. The second-order valence-electron chi connectivity index (χ2n) is 5.05. The van der Waals surface area contributed by atoms with Crippen molar-refractivity contribution in [2.45, 2.75) is 32.4 Å². The Morgan fingerprint density at radius 2 is 2.44 bits per heavy atom. The van der Waals surface area contributed by atoms with Gasteiger partial charge in [-0.15, -0.1) is 0 Å². The molecular weight excluding hydrogens is 226 g/mol. The predicted octanol–water partition coefficient (Wildman–Crippen LogP) is 0.936. The number of aliphatic hydroxyl groups excluding tert-OH is 1. The van der Waals surface area contributed by atoms with E-state index in [9.17, 15) is 5.11 Å².